The number of methoxy groups -OCH3 is 2. The zero-order chi connectivity index (χ0) is 22.2. The van der Waals surface area contributed by atoms with E-state index >= 15 is 0 Å². The number of esters is 2. The van der Waals surface area contributed by atoms with Gasteiger partial charge in [0, 0.05) is 6.32 Å². The molecule has 0 radical (unpaired) electrons. The molecule has 3 rings (SSSR count). The molecule has 1 fully saturated rings. The third-order valence-corrected chi connectivity index (χ3v) is 6.83. The van der Waals surface area contributed by atoms with E-state index < -0.39 is 35.7 Å². The highest BCUT2D eigenvalue weighted by molar-refractivity contribution is 6.46. The van der Waals surface area contributed by atoms with Crippen LogP contribution in [-0.4, -0.2) is 44.5 Å². The Bertz CT molecular complexity index is 773. The van der Waals surface area contributed by atoms with Gasteiger partial charge in [-0.15, -0.1) is 0 Å². The van der Waals surface area contributed by atoms with E-state index in [0.717, 1.165) is 42.4 Å². The molecule has 0 aromatic carbocycles. The SMILES string of the molecule is COC(=O)C1(C(=O)OC)C=C(C2=CCCCC2)C(CB2OC(C)(C)C(C)(C)O2)=CC1. The molecule has 0 atom stereocenters. The van der Waals surface area contributed by atoms with Gasteiger partial charge in [-0.1, -0.05) is 12.2 Å². The van der Waals surface area contributed by atoms with Gasteiger partial charge in [0.1, 0.15) is 0 Å². The van der Waals surface area contributed by atoms with Crippen molar-refractivity contribution in [2.24, 2.45) is 5.41 Å². The van der Waals surface area contributed by atoms with Gasteiger partial charge in [0.25, 0.3) is 0 Å². The molecule has 1 heterocycles. The van der Waals surface area contributed by atoms with E-state index in [2.05, 4.69) is 6.08 Å². The van der Waals surface area contributed by atoms with Gasteiger partial charge in [-0.25, -0.2) is 0 Å². The lowest BCUT2D eigenvalue weighted by atomic mass is 9.68. The van der Waals surface area contributed by atoms with Crippen molar-refractivity contribution >= 4 is 19.1 Å². The molecule has 2 aliphatic carbocycles. The molecule has 0 aromatic rings. The quantitative estimate of drug-likeness (QED) is 0.381. The molecule has 0 bridgehead atoms. The summed E-state index contributed by atoms with van der Waals surface area (Å²) in [5, 5.41) is 0. The zero-order valence-electron chi connectivity index (χ0n) is 19.0. The molecular formula is C23H33BO6. The Morgan fingerprint density at radius 1 is 1.00 bits per heavy atom. The summed E-state index contributed by atoms with van der Waals surface area (Å²) in [5.74, 6) is -1.21. The lowest BCUT2D eigenvalue weighted by Gasteiger charge is -2.32. The van der Waals surface area contributed by atoms with Gasteiger partial charge < -0.3 is 18.8 Å². The van der Waals surface area contributed by atoms with E-state index in [0.29, 0.717) is 6.32 Å². The summed E-state index contributed by atoms with van der Waals surface area (Å²) in [6.07, 6.45) is 10.8. The number of hydrogen-bond acceptors (Lipinski definition) is 6. The maximum Gasteiger partial charge on any atom is 0.462 e. The predicted octanol–water partition coefficient (Wildman–Crippen LogP) is 4.17. The van der Waals surface area contributed by atoms with Gasteiger partial charge >= 0.3 is 19.1 Å². The molecule has 30 heavy (non-hydrogen) atoms. The first kappa shape index (κ1) is 22.8. The van der Waals surface area contributed by atoms with Gasteiger partial charge in [0.15, 0.2) is 5.41 Å². The van der Waals surface area contributed by atoms with E-state index in [1.54, 1.807) is 6.08 Å². The highest BCUT2D eigenvalue weighted by Gasteiger charge is 2.52. The lowest BCUT2D eigenvalue weighted by molar-refractivity contribution is -0.165. The van der Waals surface area contributed by atoms with E-state index in [1.807, 2.05) is 33.8 Å². The van der Waals surface area contributed by atoms with Crippen LogP contribution in [0.3, 0.4) is 0 Å². The largest absolute Gasteiger partial charge is 0.468 e. The first-order chi connectivity index (χ1) is 14.1. The van der Waals surface area contributed by atoms with Crippen molar-refractivity contribution in [3.63, 3.8) is 0 Å². The number of rotatable bonds is 5. The van der Waals surface area contributed by atoms with Crippen molar-refractivity contribution in [3.05, 3.63) is 34.9 Å². The summed E-state index contributed by atoms with van der Waals surface area (Å²) in [5.41, 5.74) is 0.805. The van der Waals surface area contributed by atoms with Gasteiger partial charge in [0.05, 0.1) is 25.4 Å². The van der Waals surface area contributed by atoms with Crippen LogP contribution in [0.4, 0.5) is 0 Å². The van der Waals surface area contributed by atoms with Gasteiger partial charge in [0.2, 0.25) is 0 Å². The average molecular weight is 416 g/mol. The Kier molecular flexibility index (Phi) is 6.35. The van der Waals surface area contributed by atoms with Crippen LogP contribution in [0.25, 0.3) is 0 Å². The predicted molar refractivity (Wildman–Crippen MR) is 115 cm³/mol. The van der Waals surface area contributed by atoms with Gasteiger partial charge in [-0.05, 0) is 82.6 Å². The Balaban J connectivity index is 1.97. The molecule has 1 aliphatic heterocycles. The number of hydrogen-bond donors (Lipinski definition) is 0. The third-order valence-electron chi connectivity index (χ3n) is 6.83. The molecule has 0 amide bonds. The minimum atomic E-state index is -1.46. The number of allylic oxidation sites excluding steroid dienone is 5. The molecule has 164 valence electrons. The van der Waals surface area contributed by atoms with Crippen molar-refractivity contribution < 1.29 is 28.4 Å². The molecule has 0 aromatic heterocycles. The molecule has 0 spiro atoms. The Morgan fingerprint density at radius 3 is 2.10 bits per heavy atom. The third kappa shape index (κ3) is 4.02. The van der Waals surface area contributed by atoms with Crippen LogP contribution in [-0.2, 0) is 28.4 Å². The Hall–Kier alpha value is -1.86. The van der Waals surface area contributed by atoms with Crippen LogP contribution in [0, 0.1) is 5.41 Å². The second kappa shape index (κ2) is 8.35. The summed E-state index contributed by atoms with van der Waals surface area (Å²) < 4.78 is 22.4. The molecule has 1 saturated heterocycles. The molecule has 0 N–H and O–H groups in total. The van der Waals surface area contributed by atoms with Crippen LogP contribution in [0.2, 0.25) is 6.32 Å². The lowest BCUT2D eigenvalue weighted by Crippen LogP contribution is -2.41. The van der Waals surface area contributed by atoms with Gasteiger partial charge in [-0.3, -0.25) is 9.59 Å². The standard InChI is InChI=1S/C23H33BO6/c1-21(2)22(3,4)30-24(29-21)15-17-12-13-23(19(25)27-5,20(26)28-6)14-18(17)16-10-8-7-9-11-16/h10,12,14H,7-9,11,13,15H2,1-6H3. The van der Waals surface area contributed by atoms with Crippen molar-refractivity contribution in [2.45, 2.75) is 77.3 Å². The fourth-order valence-electron chi connectivity index (χ4n) is 4.33. The summed E-state index contributed by atoms with van der Waals surface area (Å²) in [4.78, 5) is 25.3. The second-order valence-electron chi connectivity index (χ2n) is 9.31. The highest BCUT2D eigenvalue weighted by atomic mass is 16.7. The van der Waals surface area contributed by atoms with Crippen molar-refractivity contribution in [2.75, 3.05) is 14.2 Å². The maximum atomic E-state index is 12.7. The fraction of sp³-hybridized carbons (Fsp3) is 0.652. The Morgan fingerprint density at radius 2 is 1.60 bits per heavy atom. The maximum absolute atomic E-state index is 12.7. The average Bonchev–Trinajstić information content (AvgIpc) is 2.93. The smallest absolute Gasteiger partial charge is 0.462 e. The van der Waals surface area contributed by atoms with Crippen LogP contribution >= 0.6 is 0 Å². The second-order valence-corrected chi connectivity index (χ2v) is 9.31. The van der Waals surface area contributed by atoms with Crippen molar-refractivity contribution in [1.82, 2.24) is 0 Å². The number of ether oxygens (including phenoxy) is 2. The van der Waals surface area contributed by atoms with Crippen LogP contribution in [0.5, 0.6) is 0 Å². The molecule has 0 unspecified atom stereocenters. The molecule has 6 nitrogen and oxygen atoms in total. The van der Waals surface area contributed by atoms with Crippen molar-refractivity contribution in [1.29, 1.82) is 0 Å². The first-order valence-corrected chi connectivity index (χ1v) is 10.7. The normalized spacial score (nSPS) is 24.5. The zero-order valence-corrected chi connectivity index (χ0v) is 19.0. The molecule has 7 heteroatoms. The molecular weight excluding hydrogens is 383 g/mol. The van der Waals surface area contributed by atoms with E-state index in [-0.39, 0.29) is 6.42 Å². The first-order valence-electron chi connectivity index (χ1n) is 10.7. The minimum Gasteiger partial charge on any atom is -0.468 e. The number of carbonyl (C=O) groups excluding carboxylic acids is 2. The molecule has 3 aliphatic rings. The summed E-state index contributed by atoms with van der Waals surface area (Å²) in [6, 6.07) is 0. The van der Waals surface area contributed by atoms with Crippen LogP contribution in [0.1, 0.15) is 59.8 Å². The highest BCUT2D eigenvalue weighted by Crippen LogP contribution is 2.44. The molecule has 0 saturated carbocycles. The summed E-state index contributed by atoms with van der Waals surface area (Å²) in [6.45, 7) is 8.12. The minimum absolute atomic E-state index is 0.192. The van der Waals surface area contributed by atoms with E-state index in [9.17, 15) is 9.59 Å². The fourth-order valence-corrected chi connectivity index (χ4v) is 4.33. The van der Waals surface area contributed by atoms with E-state index in [4.69, 9.17) is 18.8 Å². The topological polar surface area (TPSA) is 71.1 Å². The van der Waals surface area contributed by atoms with Gasteiger partial charge in [-0.2, -0.15) is 0 Å². The number of carbonyl (C=O) groups is 2. The Labute approximate surface area is 179 Å². The monoisotopic (exact) mass is 416 g/mol. The summed E-state index contributed by atoms with van der Waals surface area (Å²) in [7, 11) is 2.20. The van der Waals surface area contributed by atoms with Crippen LogP contribution < -0.4 is 0 Å². The van der Waals surface area contributed by atoms with Crippen molar-refractivity contribution in [3.8, 4) is 0 Å². The summed E-state index contributed by atoms with van der Waals surface area (Å²) >= 11 is 0. The van der Waals surface area contributed by atoms with Crippen LogP contribution in [0.15, 0.2) is 34.9 Å². The van der Waals surface area contributed by atoms with E-state index in [1.165, 1.54) is 14.2 Å².